The Bertz CT molecular complexity index is 503. The van der Waals surface area contributed by atoms with Crippen molar-refractivity contribution in [2.45, 2.75) is 33.1 Å². The van der Waals surface area contributed by atoms with Crippen molar-refractivity contribution in [3.8, 4) is 0 Å². The van der Waals surface area contributed by atoms with Crippen LogP contribution in [0.3, 0.4) is 0 Å². The first kappa shape index (κ1) is 16.4. The zero-order chi connectivity index (χ0) is 15.8. The van der Waals surface area contributed by atoms with Crippen LogP contribution in [0.25, 0.3) is 0 Å². The summed E-state index contributed by atoms with van der Waals surface area (Å²) < 4.78 is 5.85. The lowest BCUT2D eigenvalue weighted by atomic mass is 9.92. The number of rotatable bonds is 5. The van der Waals surface area contributed by atoms with Crippen molar-refractivity contribution in [2.75, 3.05) is 32.9 Å². The minimum atomic E-state index is 0.0198. The molecule has 5 heteroatoms. The van der Waals surface area contributed by atoms with E-state index in [1.54, 1.807) is 11.8 Å². The molecule has 1 fully saturated rings. The summed E-state index contributed by atoms with van der Waals surface area (Å²) in [5.74, 6) is 2.60. The van der Waals surface area contributed by atoms with E-state index in [9.17, 15) is 4.79 Å². The Balaban J connectivity index is 2.17. The number of carbonyl (C=O) groups is 1. The van der Waals surface area contributed by atoms with Gasteiger partial charge in [-0.25, -0.2) is 0 Å². The van der Waals surface area contributed by atoms with Gasteiger partial charge in [0.1, 0.15) is 16.9 Å². The lowest BCUT2D eigenvalue weighted by Crippen LogP contribution is -2.41. The van der Waals surface area contributed by atoms with Crippen LogP contribution < -0.4 is 0 Å². The molecule has 0 aliphatic carbocycles. The van der Waals surface area contributed by atoms with E-state index in [1.807, 2.05) is 18.7 Å². The molecule has 1 aromatic heterocycles. The molecule has 0 N–H and O–H groups in total. The van der Waals surface area contributed by atoms with Crippen LogP contribution in [0.2, 0.25) is 0 Å². The van der Waals surface area contributed by atoms with Gasteiger partial charge in [0, 0.05) is 13.1 Å². The zero-order valence-corrected chi connectivity index (χ0v) is 14.7. The number of carbonyl (C=O) groups excluding carboxylic acids is 1. The molecule has 0 aromatic carbocycles. The van der Waals surface area contributed by atoms with Crippen LogP contribution in [0.1, 0.15) is 36.3 Å². The monoisotopic (exact) mass is 310 g/mol. The Hall–Kier alpha value is -0.940. The molecule has 1 aromatic rings. The molecule has 0 saturated carbocycles. The van der Waals surface area contributed by atoms with Crippen molar-refractivity contribution in [3.05, 3.63) is 23.2 Å². The third-order valence-corrected chi connectivity index (χ3v) is 4.96. The van der Waals surface area contributed by atoms with E-state index in [1.165, 1.54) is 0 Å². The van der Waals surface area contributed by atoms with E-state index in [4.69, 9.17) is 4.42 Å². The highest BCUT2D eigenvalue weighted by Crippen LogP contribution is 2.41. The summed E-state index contributed by atoms with van der Waals surface area (Å²) in [4.78, 5) is 16.4. The molecule has 1 saturated heterocycles. The maximum Gasteiger partial charge on any atom is 0.233 e. The molecule has 4 nitrogen and oxygen atoms in total. The van der Waals surface area contributed by atoms with Crippen LogP contribution in [-0.4, -0.2) is 48.6 Å². The molecule has 0 radical (unpaired) electrons. The molecular weight excluding hydrogens is 284 g/mol. The average molecular weight is 310 g/mol. The van der Waals surface area contributed by atoms with E-state index >= 15 is 0 Å². The van der Waals surface area contributed by atoms with E-state index in [2.05, 4.69) is 38.9 Å². The molecule has 1 atom stereocenters. The molecular formula is C16H26N2O2S. The van der Waals surface area contributed by atoms with Crippen LogP contribution in [0, 0.1) is 19.3 Å². The Labute approximate surface area is 131 Å². The van der Waals surface area contributed by atoms with Gasteiger partial charge in [-0.3, -0.25) is 4.79 Å². The fourth-order valence-corrected chi connectivity index (χ4v) is 4.07. The summed E-state index contributed by atoms with van der Waals surface area (Å²) in [6, 6.07) is 2.07. The maximum absolute atomic E-state index is 12.3. The Morgan fingerprint density at radius 2 is 2.10 bits per heavy atom. The van der Waals surface area contributed by atoms with Crippen LogP contribution in [-0.2, 0) is 4.79 Å². The van der Waals surface area contributed by atoms with Crippen molar-refractivity contribution in [1.82, 2.24) is 9.80 Å². The summed E-state index contributed by atoms with van der Waals surface area (Å²) in [6.45, 7) is 10.1. The summed E-state index contributed by atoms with van der Waals surface area (Å²) in [5, 5.41) is 0.0198. The smallest absolute Gasteiger partial charge is 0.233 e. The first-order chi connectivity index (χ1) is 9.69. The molecule has 0 spiro atoms. The molecule has 2 heterocycles. The normalized spacial score (nSPS) is 19.9. The number of hydrogen-bond acceptors (Lipinski definition) is 4. The molecule has 1 amide bonds. The fraction of sp³-hybridized carbons (Fsp3) is 0.688. The zero-order valence-electron chi connectivity index (χ0n) is 13.9. The minimum absolute atomic E-state index is 0.0198. The van der Waals surface area contributed by atoms with Gasteiger partial charge in [0.25, 0.3) is 0 Å². The number of furan rings is 1. The second-order valence-corrected chi connectivity index (χ2v) is 8.04. The van der Waals surface area contributed by atoms with Crippen molar-refractivity contribution in [2.24, 2.45) is 5.41 Å². The predicted molar refractivity (Wildman–Crippen MR) is 87.4 cm³/mol. The minimum Gasteiger partial charge on any atom is -0.463 e. The number of nitrogens with zero attached hydrogens (tertiary/aromatic N) is 2. The Morgan fingerprint density at radius 1 is 1.43 bits per heavy atom. The quantitative estimate of drug-likeness (QED) is 0.837. The van der Waals surface area contributed by atoms with E-state index < -0.39 is 0 Å². The highest BCUT2D eigenvalue weighted by molar-refractivity contribution is 8.00. The van der Waals surface area contributed by atoms with Gasteiger partial charge in [-0.05, 0) is 45.0 Å². The second-order valence-electron chi connectivity index (χ2n) is 6.97. The lowest BCUT2D eigenvalue weighted by Gasteiger charge is -2.34. The highest BCUT2D eigenvalue weighted by atomic mass is 32.2. The van der Waals surface area contributed by atoms with Crippen LogP contribution in [0.15, 0.2) is 10.5 Å². The lowest BCUT2D eigenvalue weighted by molar-refractivity contribution is -0.129. The van der Waals surface area contributed by atoms with Crippen LogP contribution in [0.4, 0.5) is 0 Å². The largest absolute Gasteiger partial charge is 0.463 e. The van der Waals surface area contributed by atoms with Crippen LogP contribution in [0.5, 0.6) is 0 Å². The molecule has 2 rings (SSSR count). The second kappa shape index (κ2) is 6.05. The molecule has 1 aliphatic rings. The summed E-state index contributed by atoms with van der Waals surface area (Å²) in [5.41, 5.74) is 1.20. The number of hydrogen-bond donors (Lipinski definition) is 0. The molecule has 0 bridgehead atoms. The average Bonchev–Trinajstić information content (AvgIpc) is 2.82. The molecule has 1 unspecified atom stereocenters. The predicted octanol–water partition coefficient (Wildman–Crippen LogP) is 3.06. The topological polar surface area (TPSA) is 36.7 Å². The van der Waals surface area contributed by atoms with Gasteiger partial charge in [-0.2, -0.15) is 0 Å². The van der Waals surface area contributed by atoms with Gasteiger partial charge in [-0.15, -0.1) is 11.8 Å². The highest BCUT2D eigenvalue weighted by Gasteiger charge is 2.38. The van der Waals surface area contributed by atoms with Gasteiger partial charge in [0.05, 0.1) is 5.75 Å². The first-order valence-electron chi connectivity index (χ1n) is 7.32. The summed E-state index contributed by atoms with van der Waals surface area (Å²) in [7, 11) is 4.14. The third kappa shape index (κ3) is 3.83. The standard InChI is InChI=1S/C16H26N2O2S/c1-11-7-13(20-12(11)2)15-18(14(19)8-21-15)10-16(3,4)9-17(5)6/h7,15H,8-10H2,1-6H3. The van der Waals surface area contributed by atoms with E-state index in [0.29, 0.717) is 5.75 Å². The van der Waals surface area contributed by atoms with Gasteiger partial charge in [0.2, 0.25) is 5.91 Å². The summed E-state index contributed by atoms with van der Waals surface area (Å²) in [6.07, 6.45) is 0. The van der Waals surface area contributed by atoms with Crippen molar-refractivity contribution >= 4 is 17.7 Å². The van der Waals surface area contributed by atoms with Crippen molar-refractivity contribution < 1.29 is 9.21 Å². The number of amides is 1. The van der Waals surface area contributed by atoms with Gasteiger partial charge in [-0.1, -0.05) is 13.8 Å². The maximum atomic E-state index is 12.3. The first-order valence-corrected chi connectivity index (χ1v) is 8.37. The van der Waals surface area contributed by atoms with Gasteiger partial charge >= 0.3 is 0 Å². The van der Waals surface area contributed by atoms with Crippen molar-refractivity contribution in [1.29, 1.82) is 0 Å². The third-order valence-electron chi connectivity index (χ3n) is 3.74. The summed E-state index contributed by atoms with van der Waals surface area (Å²) >= 11 is 1.66. The Kier molecular flexibility index (Phi) is 4.73. The molecule has 21 heavy (non-hydrogen) atoms. The fourth-order valence-electron chi connectivity index (χ4n) is 2.95. The van der Waals surface area contributed by atoms with Gasteiger partial charge < -0.3 is 14.2 Å². The van der Waals surface area contributed by atoms with Crippen molar-refractivity contribution in [3.63, 3.8) is 0 Å². The van der Waals surface area contributed by atoms with E-state index in [0.717, 1.165) is 30.2 Å². The van der Waals surface area contributed by atoms with E-state index in [-0.39, 0.29) is 16.7 Å². The molecule has 1 aliphatic heterocycles. The van der Waals surface area contributed by atoms with Crippen LogP contribution >= 0.6 is 11.8 Å². The SMILES string of the molecule is Cc1cc(C2SCC(=O)N2CC(C)(C)CN(C)C)oc1C. The molecule has 118 valence electrons. The Morgan fingerprint density at radius 3 is 2.62 bits per heavy atom. The van der Waals surface area contributed by atoms with Gasteiger partial charge in [0.15, 0.2) is 0 Å². The number of aryl methyl sites for hydroxylation is 2. The number of thioether (sulfide) groups is 1.